The lowest BCUT2D eigenvalue weighted by atomic mass is 10.2. The summed E-state index contributed by atoms with van der Waals surface area (Å²) < 4.78 is 2.09. The Morgan fingerprint density at radius 3 is 3.00 bits per heavy atom. The van der Waals surface area contributed by atoms with Gasteiger partial charge in [-0.15, -0.1) is 0 Å². The first-order chi connectivity index (χ1) is 7.24. The van der Waals surface area contributed by atoms with E-state index in [1.807, 2.05) is 18.0 Å². The molecule has 4 heteroatoms. The van der Waals surface area contributed by atoms with E-state index in [4.69, 9.17) is 0 Å². The number of rotatable bonds is 7. The monoisotopic (exact) mass is 227 g/mol. The van der Waals surface area contributed by atoms with Crippen molar-refractivity contribution in [2.24, 2.45) is 5.92 Å². The van der Waals surface area contributed by atoms with Gasteiger partial charge >= 0.3 is 0 Å². The number of nitrogens with zero attached hydrogens (tertiary/aromatic N) is 2. The summed E-state index contributed by atoms with van der Waals surface area (Å²) >= 11 is 1.86. The number of aromatic nitrogens is 2. The fourth-order valence-corrected chi connectivity index (χ4v) is 1.73. The van der Waals surface area contributed by atoms with Gasteiger partial charge in [-0.25, -0.2) is 0 Å². The molecule has 0 aliphatic heterocycles. The number of hydrogen-bond donors (Lipinski definition) is 1. The molecule has 15 heavy (non-hydrogen) atoms. The van der Waals surface area contributed by atoms with Crippen LogP contribution in [0.3, 0.4) is 0 Å². The summed E-state index contributed by atoms with van der Waals surface area (Å²) in [6, 6.07) is 2.09. The molecule has 0 atom stereocenters. The number of aryl methyl sites for hydroxylation is 1. The molecule has 0 amide bonds. The van der Waals surface area contributed by atoms with Crippen molar-refractivity contribution in [3.8, 4) is 0 Å². The molecule has 1 heterocycles. The van der Waals surface area contributed by atoms with Crippen molar-refractivity contribution in [2.75, 3.05) is 18.6 Å². The molecule has 1 rings (SSSR count). The molecule has 0 aromatic carbocycles. The van der Waals surface area contributed by atoms with Crippen LogP contribution in [0.2, 0.25) is 0 Å². The predicted molar refractivity (Wildman–Crippen MR) is 67.2 cm³/mol. The summed E-state index contributed by atoms with van der Waals surface area (Å²) in [5, 5.41) is 7.75. The van der Waals surface area contributed by atoms with Crippen LogP contribution >= 0.6 is 11.8 Å². The highest BCUT2D eigenvalue weighted by Crippen LogP contribution is 2.01. The van der Waals surface area contributed by atoms with Gasteiger partial charge in [-0.3, -0.25) is 4.68 Å². The largest absolute Gasteiger partial charge is 0.311 e. The van der Waals surface area contributed by atoms with E-state index in [0.29, 0.717) is 5.92 Å². The Labute approximate surface area is 96.6 Å². The van der Waals surface area contributed by atoms with Crippen molar-refractivity contribution in [3.05, 3.63) is 18.0 Å². The third kappa shape index (κ3) is 4.71. The van der Waals surface area contributed by atoms with E-state index >= 15 is 0 Å². The molecule has 86 valence electrons. The Kier molecular flexibility index (Phi) is 5.79. The Bertz CT molecular complexity index is 271. The van der Waals surface area contributed by atoms with E-state index in [2.05, 4.69) is 41.3 Å². The van der Waals surface area contributed by atoms with E-state index in [-0.39, 0.29) is 0 Å². The molecule has 0 spiro atoms. The first kappa shape index (κ1) is 12.6. The second kappa shape index (κ2) is 6.90. The molecule has 1 aromatic heterocycles. The van der Waals surface area contributed by atoms with Crippen LogP contribution in [0, 0.1) is 5.92 Å². The van der Waals surface area contributed by atoms with Gasteiger partial charge in [-0.1, -0.05) is 13.8 Å². The van der Waals surface area contributed by atoms with Crippen molar-refractivity contribution >= 4 is 11.8 Å². The lowest BCUT2D eigenvalue weighted by Crippen LogP contribution is -2.21. The molecule has 0 unspecified atom stereocenters. The summed E-state index contributed by atoms with van der Waals surface area (Å²) in [4.78, 5) is 0. The summed E-state index contributed by atoms with van der Waals surface area (Å²) in [6.07, 6.45) is 4.01. The highest BCUT2D eigenvalue weighted by atomic mass is 32.2. The molecule has 0 saturated heterocycles. The molecule has 0 bridgehead atoms. The fraction of sp³-hybridized carbons (Fsp3) is 0.727. The van der Waals surface area contributed by atoms with Crippen LogP contribution < -0.4 is 5.32 Å². The SMILES string of the molecule is CSCCn1nccc1CNCC(C)C. The maximum absolute atomic E-state index is 4.31. The zero-order valence-corrected chi connectivity index (χ0v) is 10.7. The maximum atomic E-state index is 4.31. The molecular formula is C11H21N3S. The van der Waals surface area contributed by atoms with Crippen molar-refractivity contribution < 1.29 is 0 Å². The second-order valence-corrected chi connectivity index (χ2v) is 5.05. The average Bonchev–Trinajstić information content (AvgIpc) is 2.62. The molecule has 0 radical (unpaired) electrons. The second-order valence-electron chi connectivity index (χ2n) is 4.06. The molecule has 1 N–H and O–H groups in total. The zero-order chi connectivity index (χ0) is 11.1. The smallest absolute Gasteiger partial charge is 0.0522 e. The lowest BCUT2D eigenvalue weighted by Gasteiger charge is -2.09. The van der Waals surface area contributed by atoms with E-state index in [0.717, 1.165) is 25.4 Å². The molecule has 0 fully saturated rings. The summed E-state index contributed by atoms with van der Waals surface area (Å²) in [5.41, 5.74) is 1.28. The Balaban J connectivity index is 2.35. The van der Waals surface area contributed by atoms with E-state index in [1.165, 1.54) is 5.69 Å². The van der Waals surface area contributed by atoms with Gasteiger partial charge in [0.15, 0.2) is 0 Å². The van der Waals surface area contributed by atoms with Gasteiger partial charge in [-0.2, -0.15) is 16.9 Å². The predicted octanol–water partition coefficient (Wildman–Crippen LogP) is 1.99. The van der Waals surface area contributed by atoms with Gasteiger partial charge in [0, 0.05) is 18.5 Å². The van der Waals surface area contributed by atoms with Gasteiger partial charge in [0.2, 0.25) is 0 Å². The Hall–Kier alpha value is -0.480. The first-order valence-electron chi connectivity index (χ1n) is 5.44. The van der Waals surface area contributed by atoms with E-state index in [1.54, 1.807) is 0 Å². The van der Waals surface area contributed by atoms with Crippen LogP contribution in [0.1, 0.15) is 19.5 Å². The summed E-state index contributed by atoms with van der Waals surface area (Å²) in [7, 11) is 0. The average molecular weight is 227 g/mol. The maximum Gasteiger partial charge on any atom is 0.0522 e. The molecule has 3 nitrogen and oxygen atoms in total. The normalized spacial score (nSPS) is 11.2. The molecular weight excluding hydrogens is 206 g/mol. The third-order valence-electron chi connectivity index (χ3n) is 2.17. The van der Waals surface area contributed by atoms with Crippen molar-refractivity contribution in [3.63, 3.8) is 0 Å². The Morgan fingerprint density at radius 1 is 1.53 bits per heavy atom. The third-order valence-corrected chi connectivity index (χ3v) is 2.76. The topological polar surface area (TPSA) is 29.9 Å². The van der Waals surface area contributed by atoms with Gasteiger partial charge in [0.25, 0.3) is 0 Å². The zero-order valence-electron chi connectivity index (χ0n) is 9.86. The van der Waals surface area contributed by atoms with Crippen LogP contribution in [-0.4, -0.2) is 28.3 Å². The van der Waals surface area contributed by atoms with E-state index in [9.17, 15) is 0 Å². The number of hydrogen-bond acceptors (Lipinski definition) is 3. The highest BCUT2D eigenvalue weighted by Gasteiger charge is 2.01. The van der Waals surface area contributed by atoms with E-state index < -0.39 is 0 Å². The number of thioether (sulfide) groups is 1. The first-order valence-corrected chi connectivity index (χ1v) is 6.83. The van der Waals surface area contributed by atoms with Crippen LogP contribution in [0.25, 0.3) is 0 Å². The minimum Gasteiger partial charge on any atom is -0.311 e. The van der Waals surface area contributed by atoms with Crippen LogP contribution in [-0.2, 0) is 13.1 Å². The molecule has 0 aliphatic carbocycles. The minimum absolute atomic E-state index is 0.701. The summed E-state index contributed by atoms with van der Waals surface area (Å²) in [6.45, 7) is 7.43. The fourth-order valence-electron chi connectivity index (χ4n) is 1.38. The lowest BCUT2D eigenvalue weighted by molar-refractivity contribution is 0.526. The van der Waals surface area contributed by atoms with Gasteiger partial charge in [-0.05, 0) is 24.8 Å². The molecule has 1 aromatic rings. The van der Waals surface area contributed by atoms with Crippen LogP contribution in [0.4, 0.5) is 0 Å². The number of nitrogens with one attached hydrogen (secondary N) is 1. The van der Waals surface area contributed by atoms with Gasteiger partial charge in [0.05, 0.1) is 12.2 Å². The minimum atomic E-state index is 0.701. The highest BCUT2D eigenvalue weighted by molar-refractivity contribution is 7.98. The van der Waals surface area contributed by atoms with Crippen LogP contribution in [0.5, 0.6) is 0 Å². The van der Waals surface area contributed by atoms with Gasteiger partial charge in [0.1, 0.15) is 0 Å². The standard InChI is InChI=1S/C11H21N3S/c1-10(2)8-12-9-11-4-5-13-14(11)6-7-15-3/h4-5,10,12H,6-9H2,1-3H3. The Morgan fingerprint density at radius 2 is 2.33 bits per heavy atom. The van der Waals surface area contributed by atoms with Crippen molar-refractivity contribution in [2.45, 2.75) is 26.9 Å². The van der Waals surface area contributed by atoms with Crippen molar-refractivity contribution in [1.29, 1.82) is 0 Å². The van der Waals surface area contributed by atoms with Crippen molar-refractivity contribution in [1.82, 2.24) is 15.1 Å². The quantitative estimate of drug-likeness (QED) is 0.772. The molecule has 0 saturated carbocycles. The summed E-state index contributed by atoms with van der Waals surface area (Å²) in [5.74, 6) is 1.83. The van der Waals surface area contributed by atoms with Gasteiger partial charge < -0.3 is 5.32 Å². The van der Waals surface area contributed by atoms with Crippen LogP contribution in [0.15, 0.2) is 12.3 Å². The molecule has 0 aliphatic rings.